The molecule has 2 aliphatic rings. The topological polar surface area (TPSA) is 109 Å². The molecule has 1 saturated carbocycles. The van der Waals surface area contributed by atoms with Crippen LogP contribution in [-0.4, -0.2) is 66.1 Å². The fraction of sp³-hybridized carbons (Fsp3) is 0.560. The van der Waals surface area contributed by atoms with Crippen LogP contribution < -0.4 is 26.0 Å². The second-order valence-electron chi connectivity index (χ2n) is 9.70. The van der Waals surface area contributed by atoms with Crippen molar-refractivity contribution < 1.29 is 9.53 Å². The van der Waals surface area contributed by atoms with E-state index in [1.54, 1.807) is 6.20 Å². The molecule has 2 heterocycles. The Balaban J connectivity index is 1.54. The fourth-order valence-electron chi connectivity index (χ4n) is 4.70. The molecule has 2 fully saturated rings. The van der Waals surface area contributed by atoms with E-state index in [4.69, 9.17) is 22.1 Å². The summed E-state index contributed by atoms with van der Waals surface area (Å²) in [5, 5.41) is 7.03. The summed E-state index contributed by atoms with van der Waals surface area (Å²) in [6, 6.07) is 6.07. The predicted molar refractivity (Wildman–Crippen MR) is 141 cm³/mol. The van der Waals surface area contributed by atoms with Gasteiger partial charge in [-0.15, -0.1) is 0 Å². The normalized spacial score (nSPS) is 21.1. The van der Waals surface area contributed by atoms with Crippen molar-refractivity contribution in [2.24, 2.45) is 11.7 Å². The van der Waals surface area contributed by atoms with Crippen LogP contribution in [0.4, 0.5) is 23.1 Å². The number of primary amides is 1. The second-order valence-corrected chi connectivity index (χ2v) is 10.1. The average Bonchev–Trinajstić information content (AvgIpc) is 2.82. The van der Waals surface area contributed by atoms with Crippen molar-refractivity contribution in [2.45, 2.75) is 51.7 Å². The number of amides is 1. The molecule has 0 radical (unpaired) electrons. The molecule has 0 spiro atoms. The molecule has 0 bridgehead atoms. The van der Waals surface area contributed by atoms with Crippen LogP contribution in [0.25, 0.3) is 0 Å². The van der Waals surface area contributed by atoms with Crippen LogP contribution in [0.3, 0.4) is 0 Å². The third-order valence-electron chi connectivity index (χ3n) is 6.64. The average molecular weight is 502 g/mol. The van der Waals surface area contributed by atoms with Crippen molar-refractivity contribution in [3.05, 3.63) is 29.4 Å². The molecule has 9 nitrogen and oxygen atoms in total. The monoisotopic (exact) mass is 501 g/mol. The summed E-state index contributed by atoms with van der Waals surface area (Å²) in [6.45, 7) is 8.04. The lowest BCUT2D eigenvalue weighted by Gasteiger charge is -2.34. The Morgan fingerprint density at radius 2 is 1.94 bits per heavy atom. The molecule has 4 N–H and O–H groups in total. The molecular formula is C25H36ClN7O2. The van der Waals surface area contributed by atoms with Gasteiger partial charge in [-0.3, -0.25) is 4.79 Å². The van der Waals surface area contributed by atoms with Crippen LogP contribution in [0.5, 0.6) is 5.75 Å². The smallest absolute Gasteiger partial charge is 0.229 e. The molecule has 1 amide bonds. The SMILES string of the molecule is CC(C)Oc1cc(N2CCN(C)CC2)ccc1Nc1ncc(Cl)c(N[C@@H]2CCCCC2C(N)=O)n1. The Kier molecular flexibility index (Phi) is 8.18. The van der Waals surface area contributed by atoms with E-state index in [1.165, 1.54) is 0 Å². The van der Waals surface area contributed by atoms with Crippen LogP contribution in [0, 0.1) is 5.92 Å². The minimum absolute atomic E-state index is 0.0127. The van der Waals surface area contributed by atoms with Crippen molar-refractivity contribution in [3.63, 3.8) is 0 Å². The fourth-order valence-corrected chi connectivity index (χ4v) is 4.84. The van der Waals surface area contributed by atoms with Gasteiger partial charge in [-0.05, 0) is 45.9 Å². The van der Waals surface area contributed by atoms with Gasteiger partial charge in [0, 0.05) is 44.0 Å². The number of anilines is 4. The third kappa shape index (κ3) is 6.46. The van der Waals surface area contributed by atoms with Gasteiger partial charge in [-0.25, -0.2) is 4.98 Å². The van der Waals surface area contributed by atoms with Gasteiger partial charge >= 0.3 is 0 Å². The zero-order valence-electron chi connectivity index (χ0n) is 20.8. The highest BCUT2D eigenvalue weighted by Gasteiger charge is 2.30. The number of carbonyl (C=O) groups is 1. The zero-order chi connectivity index (χ0) is 24.9. The maximum Gasteiger partial charge on any atom is 0.229 e. The van der Waals surface area contributed by atoms with Crippen LogP contribution >= 0.6 is 11.6 Å². The Bertz CT molecular complexity index is 1030. The van der Waals surface area contributed by atoms with Gasteiger partial charge in [0.2, 0.25) is 11.9 Å². The highest BCUT2D eigenvalue weighted by molar-refractivity contribution is 6.32. The van der Waals surface area contributed by atoms with Crippen LogP contribution in [-0.2, 0) is 4.79 Å². The molecule has 4 rings (SSSR count). The van der Waals surface area contributed by atoms with Crippen LogP contribution in [0.15, 0.2) is 24.4 Å². The second kappa shape index (κ2) is 11.3. The van der Waals surface area contributed by atoms with Crippen molar-refractivity contribution in [2.75, 3.05) is 48.8 Å². The standard InChI is InChI=1S/C25H36ClN7O2/c1-16(2)35-22-14-17(33-12-10-32(3)11-13-33)8-9-21(22)30-25-28-15-19(26)24(31-25)29-20-7-5-4-6-18(20)23(27)34/h8-9,14-16,18,20H,4-7,10-13H2,1-3H3,(H2,27,34)(H2,28,29,30,31)/t18?,20-/m1/s1. The van der Waals surface area contributed by atoms with Gasteiger partial charge in [0.15, 0.2) is 5.82 Å². The lowest BCUT2D eigenvalue weighted by Crippen LogP contribution is -2.44. The number of likely N-dealkylation sites (N-methyl/N-ethyl adjacent to an activating group) is 1. The molecule has 1 saturated heterocycles. The van der Waals surface area contributed by atoms with Crippen LogP contribution in [0.1, 0.15) is 39.5 Å². The van der Waals surface area contributed by atoms with Crippen molar-refractivity contribution in [1.82, 2.24) is 14.9 Å². The number of halogens is 1. The third-order valence-corrected chi connectivity index (χ3v) is 6.92. The first-order valence-electron chi connectivity index (χ1n) is 12.4. The largest absolute Gasteiger partial charge is 0.489 e. The molecule has 190 valence electrons. The summed E-state index contributed by atoms with van der Waals surface area (Å²) in [5.41, 5.74) is 7.54. The van der Waals surface area contributed by atoms with Crippen molar-refractivity contribution in [3.8, 4) is 5.75 Å². The lowest BCUT2D eigenvalue weighted by atomic mass is 9.84. The quantitative estimate of drug-likeness (QED) is 0.500. The number of ether oxygens (including phenoxy) is 1. The van der Waals surface area contributed by atoms with Gasteiger partial charge in [-0.1, -0.05) is 24.4 Å². The van der Waals surface area contributed by atoms with Gasteiger partial charge in [0.25, 0.3) is 0 Å². The minimum Gasteiger partial charge on any atom is -0.489 e. The van der Waals surface area contributed by atoms with E-state index in [1.807, 2.05) is 19.9 Å². The minimum atomic E-state index is -0.290. The number of nitrogens with two attached hydrogens (primary N) is 1. The van der Waals surface area contributed by atoms with E-state index in [-0.39, 0.29) is 24.0 Å². The number of carbonyl (C=O) groups excluding carboxylic acids is 1. The number of hydrogen-bond acceptors (Lipinski definition) is 8. The van der Waals surface area contributed by atoms with Crippen LogP contribution in [0.2, 0.25) is 5.02 Å². The molecule has 10 heteroatoms. The Morgan fingerprint density at radius 1 is 1.20 bits per heavy atom. The summed E-state index contributed by atoms with van der Waals surface area (Å²) in [7, 11) is 2.15. The Morgan fingerprint density at radius 3 is 2.66 bits per heavy atom. The number of nitrogens with one attached hydrogen (secondary N) is 2. The first-order chi connectivity index (χ1) is 16.8. The van der Waals surface area contributed by atoms with Gasteiger partial charge in [0.05, 0.1) is 23.9 Å². The summed E-state index contributed by atoms with van der Waals surface area (Å²) in [5.74, 6) is 1.10. The highest BCUT2D eigenvalue weighted by Crippen LogP contribution is 2.34. The summed E-state index contributed by atoms with van der Waals surface area (Å²) >= 11 is 6.40. The zero-order valence-corrected chi connectivity index (χ0v) is 21.5. The number of nitrogens with zero attached hydrogens (tertiary/aromatic N) is 4. The number of piperazine rings is 1. The summed E-state index contributed by atoms with van der Waals surface area (Å²) in [4.78, 5) is 25.6. The van der Waals surface area contributed by atoms with Gasteiger partial charge in [0.1, 0.15) is 10.8 Å². The Hall–Kier alpha value is -2.78. The molecule has 2 atom stereocenters. The van der Waals surface area contributed by atoms with E-state index < -0.39 is 0 Å². The number of benzene rings is 1. The molecule has 1 unspecified atom stereocenters. The lowest BCUT2D eigenvalue weighted by molar-refractivity contribution is -0.122. The van der Waals surface area contributed by atoms with E-state index in [0.717, 1.165) is 69.0 Å². The molecular weight excluding hydrogens is 466 g/mol. The first kappa shape index (κ1) is 25.3. The van der Waals surface area contributed by atoms with Gasteiger partial charge < -0.3 is 30.9 Å². The molecule has 1 aromatic carbocycles. The van der Waals surface area contributed by atoms with E-state index >= 15 is 0 Å². The van der Waals surface area contributed by atoms with Gasteiger partial charge in [-0.2, -0.15) is 4.98 Å². The number of hydrogen-bond donors (Lipinski definition) is 3. The Labute approximate surface area is 212 Å². The summed E-state index contributed by atoms with van der Waals surface area (Å²) < 4.78 is 6.14. The number of aromatic nitrogens is 2. The molecule has 1 aliphatic carbocycles. The highest BCUT2D eigenvalue weighted by atomic mass is 35.5. The van der Waals surface area contributed by atoms with Crippen molar-refractivity contribution >= 4 is 40.6 Å². The van der Waals surface area contributed by atoms with E-state index in [9.17, 15) is 4.79 Å². The number of rotatable bonds is 8. The van der Waals surface area contributed by atoms with E-state index in [0.29, 0.717) is 16.8 Å². The van der Waals surface area contributed by atoms with Crippen molar-refractivity contribution in [1.29, 1.82) is 0 Å². The molecule has 35 heavy (non-hydrogen) atoms. The maximum atomic E-state index is 11.9. The molecule has 1 aliphatic heterocycles. The van der Waals surface area contributed by atoms with E-state index in [2.05, 4.69) is 49.6 Å². The molecule has 2 aromatic rings. The summed E-state index contributed by atoms with van der Waals surface area (Å²) in [6.07, 6.45) is 5.22. The molecule has 1 aromatic heterocycles. The first-order valence-corrected chi connectivity index (χ1v) is 12.8. The predicted octanol–water partition coefficient (Wildman–Crippen LogP) is 3.87. The maximum absolute atomic E-state index is 11.9.